The second-order valence-corrected chi connectivity index (χ2v) is 26.6. The van der Waals surface area contributed by atoms with Gasteiger partial charge in [0.05, 0.1) is 17.1 Å². The van der Waals surface area contributed by atoms with Crippen molar-refractivity contribution < 1.29 is 49.7 Å². The van der Waals surface area contributed by atoms with Crippen LogP contribution in [0.5, 0.6) is 46.0 Å². The Balaban J connectivity index is 0.000000125. The van der Waals surface area contributed by atoms with Crippen molar-refractivity contribution in [3.63, 3.8) is 0 Å². The summed E-state index contributed by atoms with van der Waals surface area (Å²) in [6, 6.07) is 66.7. The first-order chi connectivity index (χ1) is 58.3. The maximum Gasteiger partial charge on any atom is 0.433 e. The van der Waals surface area contributed by atoms with E-state index in [4.69, 9.17) is 47.7 Å². The number of fused-ring (bicyclic) bond motifs is 4. The topological polar surface area (TPSA) is 307 Å². The van der Waals surface area contributed by atoms with Gasteiger partial charge in [0.25, 0.3) is 0 Å². The molecule has 0 fully saturated rings. The van der Waals surface area contributed by atoms with Gasteiger partial charge in [0.1, 0.15) is 51.3 Å². The summed E-state index contributed by atoms with van der Waals surface area (Å²) < 4.78 is 120. The highest BCUT2D eigenvalue weighted by Crippen LogP contribution is 2.39. The van der Waals surface area contributed by atoms with Crippen LogP contribution in [0.15, 0.2) is 305 Å². The molecular formula is C90H62ClF7N18O4. The molecule has 22 nitrogen and oxygen atoms in total. The lowest BCUT2D eigenvalue weighted by atomic mass is 10.1. The van der Waals surface area contributed by atoms with Crippen LogP contribution in [0.1, 0.15) is 28.3 Å². The fraction of sp³-hybridized carbons (Fsp3) is 0.0333. The van der Waals surface area contributed by atoms with Crippen molar-refractivity contribution in [3.05, 3.63) is 362 Å². The Labute approximate surface area is 683 Å². The van der Waals surface area contributed by atoms with Gasteiger partial charge in [-0.15, -0.1) is 0 Å². The van der Waals surface area contributed by atoms with Crippen molar-refractivity contribution in [3.8, 4) is 68.5 Å². The predicted octanol–water partition coefficient (Wildman–Crippen LogP) is 21.6. The molecule has 0 aliphatic heterocycles. The summed E-state index contributed by atoms with van der Waals surface area (Å²) >= 11 is 5.88. The summed E-state index contributed by atoms with van der Waals surface area (Å²) in [4.78, 5) is 52.6. The van der Waals surface area contributed by atoms with Crippen LogP contribution in [-0.4, -0.2) is 64.8 Å². The Morgan fingerprint density at radius 1 is 0.333 bits per heavy atom. The fourth-order valence-corrected chi connectivity index (χ4v) is 12.6. The van der Waals surface area contributed by atoms with Crippen molar-refractivity contribution in [2.24, 2.45) is 0 Å². The number of anilines is 7. The molecule has 0 atom stereocenters. The molecule has 18 rings (SSSR count). The van der Waals surface area contributed by atoms with Crippen LogP contribution in [0.2, 0.25) is 5.15 Å². The quantitative estimate of drug-likeness (QED) is 0.0394. The second kappa shape index (κ2) is 36.3. The fourth-order valence-electron chi connectivity index (χ4n) is 12.4. The zero-order valence-corrected chi connectivity index (χ0v) is 63.2. The summed E-state index contributed by atoms with van der Waals surface area (Å²) in [6.45, 7) is 0. The van der Waals surface area contributed by atoms with E-state index >= 15 is 0 Å². The van der Waals surface area contributed by atoms with E-state index in [0.29, 0.717) is 75.1 Å². The largest absolute Gasteiger partial charge is 0.454 e. The number of alkyl halides is 3. The first-order valence-corrected chi connectivity index (χ1v) is 36.8. The molecule has 9 heterocycles. The first kappa shape index (κ1) is 79.3. The van der Waals surface area contributed by atoms with Crippen molar-refractivity contribution in [2.45, 2.75) is 19.0 Å². The molecular weight excluding hydrogens is 1570 g/mol. The number of pyridine rings is 5. The summed E-state index contributed by atoms with van der Waals surface area (Å²) in [5, 5.41) is 13.3. The minimum absolute atomic E-state index is 0.00280. The molecule has 120 heavy (non-hydrogen) atoms. The predicted molar refractivity (Wildman–Crippen MR) is 445 cm³/mol. The number of nitrogens with one attached hydrogen (secondary N) is 2. The third-order valence-corrected chi connectivity index (χ3v) is 18.1. The number of nitrogen functional groups attached to an aromatic ring is 3. The van der Waals surface area contributed by atoms with E-state index in [1.165, 1.54) is 30.3 Å². The summed E-state index contributed by atoms with van der Waals surface area (Å²) in [6.07, 6.45) is 13.7. The second-order valence-electron chi connectivity index (χ2n) is 26.2. The zero-order valence-electron chi connectivity index (χ0n) is 62.5. The van der Waals surface area contributed by atoms with E-state index in [-0.39, 0.29) is 58.2 Å². The minimum atomic E-state index is -4.56. The van der Waals surface area contributed by atoms with E-state index in [9.17, 15) is 30.7 Å². The smallest absolute Gasteiger partial charge is 0.433 e. The van der Waals surface area contributed by atoms with Gasteiger partial charge >= 0.3 is 6.18 Å². The normalized spacial score (nSPS) is 11.0. The number of nitrogens with zero attached hydrogens (tertiary/aromatic N) is 13. The number of benzene rings is 9. The number of hydrogen-bond donors (Lipinski definition) is 5. The monoisotopic (exact) mass is 1630 g/mol. The molecule has 0 saturated heterocycles. The summed E-state index contributed by atoms with van der Waals surface area (Å²) in [5.41, 5.74) is 22.0. The molecule has 0 saturated carbocycles. The number of ether oxygens (including phenoxy) is 4. The molecule has 0 bridgehead atoms. The van der Waals surface area contributed by atoms with Gasteiger partial charge in [-0.25, -0.2) is 47.5 Å². The number of hydrogen-bond acceptors (Lipinski definition) is 22. The van der Waals surface area contributed by atoms with Crippen LogP contribution in [0.25, 0.3) is 65.6 Å². The highest BCUT2D eigenvalue weighted by Gasteiger charge is 2.33. The Morgan fingerprint density at radius 2 is 0.742 bits per heavy atom. The van der Waals surface area contributed by atoms with E-state index in [0.717, 1.165) is 72.0 Å². The van der Waals surface area contributed by atoms with Crippen LogP contribution in [0.3, 0.4) is 0 Å². The molecule has 8 N–H and O–H groups in total. The van der Waals surface area contributed by atoms with Crippen molar-refractivity contribution in [1.29, 1.82) is 0 Å². The number of rotatable bonds is 18. The average Bonchev–Trinajstić information content (AvgIpc) is 0.715. The molecule has 0 amide bonds. The van der Waals surface area contributed by atoms with Gasteiger partial charge in [-0.3, -0.25) is 24.9 Å². The Morgan fingerprint density at radius 3 is 1.16 bits per heavy atom. The van der Waals surface area contributed by atoms with Gasteiger partial charge in [-0.2, -0.15) is 23.1 Å². The molecule has 0 spiro atoms. The number of halogens is 8. The molecule has 592 valence electrons. The van der Waals surface area contributed by atoms with Crippen molar-refractivity contribution >= 4 is 95.5 Å². The van der Waals surface area contributed by atoms with Gasteiger partial charge in [-0.1, -0.05) is 103 Å². The molecule has 18 aromatic rings. The van der Waals surface area contributed by atoms with Gasteiger partial charge in [0.2, 0.25) is 17.8 Å². The van der Waals surface area contributed by atoms with Gasteiger partial charge in [0.15, 0.2) is 46.3 Å². The van der Waals surface area contributed by atoms with E-state index in [1.807, 2.05) is 97.1 Å². The van der Waals surface area contributed by atoms with Crippen LogP contribution in [0.4, 0.5) is 71.6 Å². The minimum Gasteiger partial charge on any atom is -0.454 e. The maximum absolute atomic E-state index is 14.8. The third-order valence-electron chi connectivity index (χ3n) is 17.9. The standard InChI is InChI=1S/C25H18FN5O.C24H17FN6O.C21H13F4N3O.C20H14ClFN4O/c26-20-13-18(29-24-14-21(30-25(27)31-24)16-5-2-1-3-6-16)9-10-23(20)32-22-8-4-7-17-15-28-12-11-19(17)22;25-19-11-17(29-23-12-20(30-24(26)31-23)16-4-2-9-27-14-16)6-7-22(19)32-21-5-1-3-15-13-28-10-8-18(15)21;22-16-10-13(11-20-27-9-7-19(28-20)21(23,24)25)4-5-18(16)29-17-3-1-2-14-12-26-8-6-15(14)17;21-19-10-14(25-20(23)26-19)8-12-4-5-18(16(22)9-12)27-17-3-1-2-13-11-24-7-6-15(13)17/h1-15H,(H3,27,29,30,31);1-14H,(H3,26,29,30,31);1-10,12H,11H2;1-7,9-11H,8H2,(H2,23,25,26). The van der Waals surface area contributed by atoms with E-state index < -0.39 is 35.1 Å². The molecule has 30 heteroatoms. The maximum atomic E-state index is 14.8. The Bertz CT molecular complexity index is 6480. The van der Waals surface area contributed by atoms with Gasteiger partial charge < -0.3 is 46.8 Å². The number of aromatic nitrogens is 13. The SMILES string of the molecule is Fc1cc(Cc2nccc(C(F)(F)F)n2)ccc1Oc1cccc2cnccc12.Nc1nc(Cl)cc(Cc2ccc(Oc3cccc4cnccc34)c(F)c2)n1.Nc1nc(Nc2ccc(Oc3cccc4cnccc34)c(F)c2)cc(-c2ccccc2)n1.Nc1nc(Nc2ccc(Oc3cccc4cnccc34)c(F)c2)cc(-c2cccnc2)n1. The highest BCUT2D eigenvalue weighted by molar-refractivity contribution is 6.29. The van der Waals surface area contributed by atoms with Crippen LogP contribution < -0.4 is 46.8 Å². The molecule has 0 radical (unpaired) electrons. The highest BCUT2D eigenvalue weighted by atomic mass is 35.5. The molecule has 0 aliphatic carbocycles. The lowest BCUT2D eigenvalue weighted by molar-refractivity contribution is -0.141. The summed E-state index contributed by atoms with van der Waals surface area (Å²) in [7, 11) is 0. The van der Waals surface area contributed by atoms with Crippen LogP contribution in [0, 0.1) is 23.3 Å². The zero-order chi connectivity index (χ0) is 83.1. The first-order valence-electron chi connectivity index (χ1n) is 36.4. The molecule has 9 aromatic heterocycles. The van der Waals surface area contributed by atoms with Crippen LogP contribution >= 0.6 is 11.6 Å². The van der Waals surface area contributed by atoms with Gasteiger partial charge in [-0.05, 0) is 132 Å². The van der Waals surface area contributed by atoms with E-state index in [1.54, 1.807) is 165 Å². The average molecular weight is 1630 g/mol. The van der Waals surface area contributed by atoms with E-state index in [2.05, 4.69) is 75.4 Å². The molecule has 0 aliphatic rings. The molecule has 0 unspecified atom stereocenters. The lowest BCUT2D eigenvalue weighted by Crippen LogP contribution is -2.10. The van der Waals surface area contributed by atoms with Crippen molar-refractivity contribution in [1.82, 2.24) is 64.8 Å². The number of nitrogens with two attached hydrogens (primary N) is 3. The Kier molecular flexibility index (Phi) is 24.0. The Hall–Kier alpha value is -15.9. The van der Waals surface area contributed by atoms with Gasteiger partial charge in [0, 0.05) is 171 Å². The third kappa shape index (κ3) is 20.1. The van der Waals surface area contributed by atoms with Crippen LogP contribution in [-0.2, 0) is 19.0 Å². The lowest BCUT2D eigenvalue weighted by Gasteiger charge is -2.12. The summed E-state index contributed by atoms with van der Waals surface area (Å²) in [5.74, 6) is 1.55. The molecule has 9 aromatic carbocycles. The van der Waals surface area contributed by atoms with Crippen molar-refractivity contribution in [2.75, 3.05) is 27.8 Å².